The first-order valence-corrected chi connectivity index (χ1v) is 9.72. The Morgan fingerprint density at radius 1 is 0.607 bits per heavy atom. The van der Waals surface area contributed by atoms with E-state index in [0.29, 0.717) is 0 Å². The highest BCUT2D eigenvalue weighted by atomic mass is 15.1. The van der Waals surface area contributed by atoms with Crippen LogP contribution in [0.5, 0.6) is 0 Å². The molecular formula is C27H25N. The van der Waals surface area contributed by atoms with Crippen molar-refractivity contribution in [1.82, 2.24) is 0 Å². The van der Waals surface area contributed by atoms with Crippen LogP contribution in [0.25, 0.3) is 5.57 Å². The summed E-state index contributed by atoms with van der Waals surface area (Å²) in [5, 5.41) is 0. The van der Waals surface area contributed by atoms with E-state index in [-0.39, 0.29) is 5.41 Å². The third-order valence-electron chi connectivity index (χ3n) is 4.98. The summed E-state index contributed by atoms with van der Waals surface area (Å²) in [4.78, 5) is 2.28. The second-order valence-corrected chi connectivity index (χ2v) is 7.69. The van der Waals surface area contributed by atoms with Gasteiger partial charge in [-0.15, -0.1) is 0 Å². The minimum atomic E-state index is 0.0929. The highest BCUT2D eigenvalue weighted by molar-refractivity contribution is 5.80. The van der Waals surface area contributed by atoms with Crippen LogP contribution in [-0.4, -0.2) is 0 Å². The number of benzene rings is 3. The van der Waals surface area contributed by atoms with E-state index in [0.717, 1.165) is 17.1 Å². The van der Waals surface area contributed by atoms with Crippen LogP contribution in [0.4, 0.5) is 17.1 Å². The Labute approximate surface area is 168 Å². The average molecular weight is 364 g/mol. The van der Waals surface area contributed by atoms with Crippen molar-refractivity contribution in [2.45, 2.75) is 13.8 Å². The van der Waals surface area contributed by atoms with E-state index < -0.39 is 0 Å². The number of allylic oxidation sites excluding steroid dienone is 6. The molecule has 0 fully saturated rings. The van der Waals surface area contributed by atoms with Crippen LogP contribution in [0, 0.1) is 5.41 Å². The first kappa shape index (κ1) is 18.1. The van der Waals surface area contributed by atoms with Gasteiger partial charge in [0.15, 0.2) is 0 Å². The quantitative estimate of drug-likeness (QED) is 0.459. The van der Waals surface area contributed by atoms with Crippen LogP contribution < -0.4 is 4.90 Å². The van der Waals surface area contributed by atoms with E-state index >= 15 is 0 Å². The molecule has 0 spiro atoms. The third kappa shape index (κ3) is 3.99. The average Bonchev–Trinajstić information content (AvgIpc) is 2.91. The molecule has 0 atom stereocenters. The highest BCUT2D eigenvalue weighted by Gasteiger charge is 2.13. The molecule has 3 aromatic carbocycles. The van der Waals surface area contributed by atoms with E-state index in [4.69, 9.17) is 0 Å². The van der Waals surface area contributed by atoms with Crippen molar-refractivity contribution in [1.29, 1.82) is 0 Å². The smallest absolute Gasteiger partial charge is 0.0462 e. The summed E-state index contributed by atoms with van der Waals surface area (Å²) in [6, 6.07) is 29.8. The molecule has 0 saturated carbocycles. The normalized spacial score (nSPS) is 15.0. The fourth-order valence-corrected chi connectivity index (χ4v) is 3.41. The molecule has 4 rings (SSSR count). The van der Waals surface area contributed by atoms with E-state index in [1.54, 1.807) is 0 Å². The Balaban J connectivity index is 1.70. The molecule has 28 heavy (non-hydrogen) atoms. The summed E-state index contributed by atoms with van der Waals surface area (Å²) >= 11 is 0. The minimum Gasteiger partial charge on any atom is -0.311 e. The summed E-state index contributed by atoms with van der Waals surface area (Å²) in [7, 11) is 0. The van der Waals surface area contributed by atoms with Crippen molar-refractivity contribution in [3.63, 3.8) is 0 Å². The van der Waals surface area contributed by atoms with Gasteiger partial charge in [0.2, 0.25) is 0 Å². The second kappa shape index (κ2) is 7.74. The van der Waals surface area contributed by atoms with Crippen molar-refractivity contribution < 1.29 is 0 Å². The maximum atomic E-state index is 2.28. The molecule has 0 aliphatic heterocycles. The second-order valence-electron chi connectivity index (χ2n) is 7.69. The Hall–Kier alpha value is -3.32. The molecule has 0 aromatic heterocycles. The lowest BCUT2D eigenvalue weighted by molar-refractivity contribution is 0.627. The monoisotopic (exact) mass is 363 g/mol. The van der Waals surface area contributed by atoms with Gasteiger partial charge >= 0.3 is 0 Å². The van der Waals surface area contributed by atoms with Gasteiger partial charge in [0.05, 0.1) is 0 Å². The van der Waals surface area contributed by atoms with Gasteiger partial charge in [-0.1, -0.05) is 92.8 Å². The number of para-hydroxylation sites is 2. The summed E-state index contributed by atoms with van der Waals surface area (Å²) < 4.78 is 0. The van der Waals surface area contributed by atoms with Crippen LogP contribution in [0.1, 0.15) is 19.4 Å². The molecule has 3 aromatic rings. The zero-order valence-corrected chi connectivity index (χ0v) is 16.4. The number of hydrogen-bond donors (Lipinski definition) is 0. The molecule has 0 heterocycles. The molecule has 0 radical (unpaired) electrons. The lowest BCUT2D eigenvalue weighted by Gasteiger charge is -2.25. The Morgan fingerprint density at radius 2 is 1.14 bits per heavy atom. The van der Waals surface area contributed by atoms with Crippen LogP contribution in [0.2, 0.25) is 0 Å². The molecular weight excluding hydrogens is 338 g/mol. The van der Waals surface area contributed by atoms with Crippen LogP contribution in [0.15, 0.2) is 115 Å². The largest absolute Gasteiger partial charge is 0.311 e. The predicted octanol–water partition coefficient (Wildman–Crippen LogP) is 7.69. The van der Waals surface area contributed by atoms with E-state index in [9.17, 15) is 0 Å². The van der Waals surface area contributed by atoms with Gasteiger partial charge < -0.3 is 4.90 Å². The van der Waals surface area contributed by atoms with Gasteiger partial charge in [0.25, 0.3) is 0 Å². The summed E-state index contributed by atoms with van der Waals surface area (Å²) in [6.45, 7) is 4.44. The van der Waals surface area contributed by atoms with Gasteiger partial charge in [-0.3, -0.25) is 0 Å². The Bertz CT molecular complexity index is 967. The number of anilines is 3. The van der Waals surface area contributed by atoms with Crippen molar-refractivity contribution >= 4 is 22.6 Å². The van der Waals surface area contributed by atoms with Gasteiger partial charge in [-0.25, -0.2) is 0 Å². The van der Waals surface area contributed by atoms with E-state index in [1.807, 2.05) is 0 Å². The summed E-state index contributed by atoms with van der Waals surface area (Å²) in [5.74, 6) is 0. The molecule has 1 nitrogen and oxygen atoms in total. The maximum absolute atomic E-state index is 2.28. The van der Waals surface area contributed by atoms with Gasteiger partial charge in [0, 0.05) is 22.5 Å². The van der Waals surface area contributed by atoms with Gasteiger partial charge in [0.1, 0.15) is 0 Å². The molecule has 1 aliphatic carbocycles. The molecule has 1 aliphatic rings. The molecule has 0 amide bonds. The summed E-state index contributed by atoms with van der Waals surface area (Å²) in [6.07, 6.45) is 11.1. The molecule has 138 valence electrons. The fraction of sp³-hybridized carbons (Fsp3) is 0.111. The zero-order valence-electron chi connectivity index (χ0n) is 16.4. The minimum absolute atomic E-state index is 0.0929. The van der Waals surface area contributed by atoms with Crippen LogP contribution in [-0.2, 0) is 0 Å². The number of nitrogens with zero attached hydrogens (tertiary/aromatic N) is 1. The SMILES string of the molecule is CC1(C)C=CC=C(c2ccc(N(c3ccccc3)c3ccccc3)cc2)C=C1. The molecule has 0 unspecified atom stereocenters. The van der Waals surface area contributed by atoms with Crippen molar-refractivity contribution in [3.05, 3.63) is 121 Å². The summed E-state index contributed by atoms with van der Waals surface area (Å²) in [5.41, 5.74) is 6.01. The van der Waals surface area contributed by atoms with E-state index in [1.165, 1.54) is 11.1 Å². The van der Waals surface area contributed by atoms with Crippen molar-refractivity contribution in [2.24, 2.45) is 5.41 Å². The van der Waals surface area contributed by atoms with E-state index in [2.05, 4.69) is 134 Å². The zero-order chi connectivity index (χ0) is 19.4. The first-order valence-electron chi connectivity index (χ1n) is 9.72. The standard InChI is InChI=1S/C27H25N/c1-27(2)20-9-10-22(19-21-27)23-15-17-26(18-16-23)28(24-11-5-3-6-12-24)25-13-7-4-8-14-25/h3-21H,1-2H3. The topological polar surface area (TPSA) is 3.24 Å². The molecule has 1 heteroatoms. The van der Waals surface area contributed by atoms with Gasteiger partial charge in [-0.05, 0) is 47.5 Å². The molecule has 0 bridgehead atoms. The van der Waals surface area contributed by atoms with Gasteiger partial charge in [-0.2, -0.15) is 0 Å². The number of rotatable bonds is 4. The Morgan fingerprint density at radius 3 is 1.71 bits per heavy atom. The lowest BCUT2D eigenvalue weighted by Crippen LogP contribution is -2.09. The molecule has 0 N–H and O–H groups in total. The highest BCUT2D eigenvalue weighted by Crippen LogP contribution is 2.35. The first-order chi connectivity index (χ1) is 13.6. The molecule has 0 saturated heterocycles. The maximum Gasteiger partial charge on any atom is 0.0462 e. The van der Waals surface area contributed by atoms with Crippen LogP contribution in [0.3, 0.4) is 0 Å². The Kier molecular flexibility index (Phi) is 4.99. The fourth-order valence-electron chi connectivity index (χ4n) is 3.41. The van der Waals surface area contributed by atoms with Crippen molar-refractivity contribution in [3.8, 4) is 0 Å². The van der Waals surface area contributed by atoms with Crippen LogP contribution >= 0.6 is 0 Å². The third-order valence-corrected chi connectivity index (χ3v) is 4.98. The van der Waals surface area contributed by atoms with Crippen molar-refractivity contribution in [2.75, 3.05) is 4.90 Å². The lowest BCUT2D eigenvalue weighted by atomic mass is 9.93. The predicted molar refractivity (Wildman–Crippen MR) is 121 cm³/mol. The number of hydrogen-bond acceptors (Lipinski definition) is 1.